The number of nitrogens with two attached hydrogens (primary N) is 1. The number of halogens is 2. The predicted octanol–water partition coefficient (Wildman–Crippen LogP) is 2.30. The Morgan fingerprint density at radius 3 is 2.67 bits per heavy atom. The maximum absolute atomic E-state index is 13.6. The number of guanidine groups is 1. The highest BCUT2D eigenvalue weighted by molar-refractivity contribution is 5.93. The Morgan fingerprint density at radius 2 is 2.06 bits per heavy atom. The lowest BCUT2D eigenvalue weighted by Crippen LogP contribution is -2.36. The van der Waals surface area contributed by atoms with Crippen LogP contribution in [0.4, 0.5) is 14.5 Å². The fraction of sp³-hybridized carbons (Fsp3) is 0.417. The molecule has 0 saturated carbocycles. The first-order chi connectivity index (χ1) is 8.58. The molecule has 0 saturated heterocycles. The summed E-state index contributed by atoms with van der Waals surface area (Å²) in [6.45, 7) is 4.10. The summed E-state index contributed by atoms with van der Waals surface area (Å²) >= 11 is 0. The highest BCUT2D eigenvalue weighted by atomic mass is 19.1. The molecule has 0 radical (unpaired) electrons. The third kappa shape index (κ3) is 3.96. The first-order valence-corrected chi connectivity index (χ1v) is 5.82. The number of unbranched alkanes of at least 4 members (excludes halogenated alkanes) is 1. The first kappa shape index (κ1) is 14.4. The van der Waals surface area contributed by atoms with Crippen LogP contribution in [0.1, 0.15) is 25.3 Å². The van der Waals surface area contributed by atoms with E-state index in [9.17, 15) is 8.78 Å². The second-order valence-corrected chi connectivity index (χ2v) is 3.93. The van der Waals surface area contributed by atoms with E-state index < -0.39 is 11.6 Å². The van der Waals surface area contributed by atoms with E-state index in [1.54, 1.807) is 0 Å². The van der Waals surface area contributed by atoms with Gasteiger partial charge in [0, 0.05) is 12.6 Å². The third-order valence-corrected chi connectivity index (χ3v) is 2.42. The summed E-state index contributed by atoms with van der Waals surface area (Å²) < 4.78 is 26.9. The molecule has 0 aromatic heterocycles. The molecular weight excluding hydrogens is 238 g/mol. The van der Waals surface area contributed by atoms with Crippen LogP contribution in [0.5, 0.6) is 0 Å². The van der Waals surface area contributed by atoms with Gasteiger partial charge in [0.1, 0.15) is 11.6 Å². The number of aryl methyl sites for hydroxylation is 1. The molecule has 0 aliphatic carbocycles. The van der Waals surface area contributed by atoms with Gasteiger partial charge in [-0.15, -0.1) is 0 Å². The summed E-state index contributed by atoms with van der Waals surface area (Å²) in [4.78, 5) is 4.10. The van der Waals surface area contributed by atoms with Crippen LogP contribution in [0.25, 0.3) is 0 Å². The van der Waals surface area contributed by atoms with Gasteiger partial charge in [-0.2, -0.15) is 0 Å². The van der Waals surface area contributed by atoms with Crippen LogP contribution in [-0.4, -0.2) is 12.5 Å². The average Bonchev–Trinajstić information content (AvgIpc) is 2.34. The number of hydrogen-bond acceptors (Lipinski definition) is 2. The van der Waals surface area contributed by atoms with E-state index in [0.717, 1.165) is 25.0 Å². The van der Waals surface area contributed by atoms with E-state index >= 15 is 0 Å². The number of benzene rings is 1. The molecule has 0 fully saturated rings. The molecule has 0 unspecified atom stereocenters. The Balaban J connectivity index is 2.81. The largest absolute Gasteiger partial charge is 0.323 e. The monoisotopic (exact) mass is 256 g/mol. The molecule has 0 amide bonds. The number of rotatable bonds is 4. The number of aliphatic imine (C=N–C) groups is 1. The molecule has 0 aliphatic heterocycles. The quantitative estimate of drug-likeness (QED) is 0.255. The van der Waals surface area contributed by atoms with E-state index in [4.69, 9.17) is 5.84 Å². The van der Waals surface area contributed by atoms with E-state index in [2.05, 4.69) is 15.7 Å². The van der Waals surface area contributed by atoms with Gasteiger partial charge in [-0.3, -0.25) is 10.4 Å². The number of hydrazine groups is 1. The molecule has 1 rings (SSSR count). The highest BCUT2D eigenvalue weighted by Gasteiger charge is 2.08. The Hall–Kier alpha value is -1.69. The number of nitrogens with zero attached hydrogens (tertiary/aromatic N) is 1. The molecule has 0 atom stereocenters. The molecular formula is C12H18F2N4. The van der Waals surface area contributed by atoms with Gasteiger partial charge in [0.25, 0.3) is 0 Å². The summed E-state index contributed by atoms with van der Waals surface area (Å²) in [5.74, 6) is 4.44. The van der Waals surface area contributed by atoms with Crippen molar-refractivity contribution in [2.24, 2.45) is 10.8 Å². The minimum atomic E-state index is -0.549. The minimum absolute atomic E-state index is 0.00583. The molecule has 0 aliphatic rings. The van der Waals surface area contributed by atoms with Crippen molar-refractivity contribution in [1.29, 1.82) is 0 Å². The maximum Gasteiger partial charge on any atom is 0.210 e. The Bertz CT molecular complexity index is 432. The van der Waals surface area contributed by atoms with E-state index in [1.807, 2.05) is 6.92 Å². The molecule has 1 aromatic carbocycles. The van der Waals surface area contributed by atoms with Crippen molar-refractivity contribution in [3.63, 3.8) is 0 Å². The molecule has 0 bridgehead atoms. The Kier molecular flexibility index (Phi) is 5.51. The second-order valence-electron chi connectivity index (χ2n) is 3.93. The predicted molar refractivity (Wildman–Crippen MR) is 69.3 cm³/mol. The molecule has 18 heavy (non-hydrogen) atoms. The summed E-state index contributed by atoms with van der Waals surface area (Å²) in [6.07, 6.45) is 1.90. The van der Waals surface area contributed by atoms with E-state index in [0.29, 0.717) is 6.54 Å². The summed E-state index contributed by atoms with van der Waals surface area (Å²) in [7, 11) is 0. The summed E-state index contributed by atoms with van der Waals surface area (Å²) in [6, 6.07) is 2.20. The third-order valence-electron chi connectivity index (χ3n) is 2.42. The number of hydrogen-bond donors (Lipinski definition) is 3. The van der Waals surface area contributed by atoms with Crippen molar-refractivity contribution in [3.8, 4) is 0 Å². The van der Waals surface area contributed by atoms with E-state index in [1.165, 1.54) is 6.92 Å². The zero-order valence-electron chi connectivity index (χ0n) is 10.6. The zero-order chi connectivity index (χ0) is 13.5. The fourth-order valence-corrected chi connectivity index (χ4v) is 1.34. The fourth-order valence-electron chi connectivity index (χ4n) is 1.34. The minimum Gasteiger partial charge on any atom is -0.323 e. The standard InChI is InChI=1S/C12H18F2N4/c1-3-4-5-16-12(18-15)17-11-7-9(13)8(2)6-10(11)14/h6-7H,3-5,15H2,1-2H3,(H2,16,17,18). The lowest BCUT2D eigenvalue weighted by molar-refractivity contribution is 0.595. The normalized spacial score (nSPS) is 11.5. The molecule has 4 nitrogen and oxygen atoms in total. The number of nitrogens with one attached hydrogen (secondary N) is 2. The van der Waals surface area contributed by atoms with Crippen molar-refractivity contribution in [2.75, 3.05) is 11.9 Å². The average molecular weight is 256 g/mol. The van der Waals surface area contributed by atoms with Gasteiger partial charge >= 0.3 is 0 Å². The van der Waals surface area contributed by atoms with Crippen LogP contribution in [0.3, 0.4) is 0 Å². The van der Waals surface area contributed by atoms with Crippen LogP contribution < -0.4 is 16.6 Å². The van der Waals surface area contributed by atoms with Gasteiger partial charge in [-0.05, 0) is 25.0 Å². The lowest BCUT2D eigenvalue weighted by Gasteiger charge is -2.11. The number of anilines is 1. The van der Waals surface area contributed by atoms with Gasteiger partial charge in [-0.25, -0.2) is 14.6 Å². The van der Waals surface area contributed by atoms with Gasteiger partial charge in [0.2, 0.25) is 5.96 Å². The molecule has 6 heteroatoms. The van der Waals surface area contributed by atoms with Crippen LogP contribution in [0.15, 0.2) is 17.1 Å². The van der Waals surface area contributed by atoms with Crippen molar-refractivity contribution >= 4 is 11.6 Å². The van der Waals surface area contributed by atoms with Crippen LogP contribution in [-0.2, 0) is 0 Å². The summed E-state index contributed by atoms with van der Waals surface area (Å²) in [5, 5.41) is 2.62. The first-order valence-electron chi connectivity index (χ1n) is 5.82. The van der Waals surface area contributed by atoms with Gasteiger partial charge in [0.05, 0.1) is 5.69 Å². The van der Waals surface area contributed by atoms with E-state index in [-0.39, 0.29) is 17.2 Å². The van der Waals surface area contributed by atoms with Crippen LogP contribution in [0.2, 0.25) is 0 Å². The second kappa shape index (κ2) is 6.90. The van der Waals surface area contributed by atoms with Gasteiger partial charge in [0.15, 0.2) is 0 Å². The Labute approximate surface area is 105 Å². The maximum atomic E-state index is 13.6. The van der Waals surface area contributed by atoms with Crippen molar-refractivity contribution < 1.29 is 8.78 Å². The molecule has 0 spiro atoms. The molecule has 100 valence electrons. The molecule has 4 N–H and O–H groups in total. The zero-order valence-corrected chi connectivity index (χ0v) is 10.6. The SMILES string of the molecule is CCCCN=C(NN)Nc1cc(F)c(C)cc1F. The van der Waals surface area contributed by atoms with Crippen LogP contribution in [0, 0.1) is 18.6 Å². The smallest absolute Gasteiger partial charge is 0.210 e. The topological polar surface area (TPSA) is 62.4 Å². The van der Waals surface area contributed by atoms with Crippen molar-refractivity contribution in [1.82, 2.24) is 5.43 Å². The van der Waals surface area contributed by atoms with Gasteiger partial charge in [-0.1, -0.05) is 13.3 Å². The Morgan fingerprint density at radius 1 is 1.33 bits per heavy atom. The molecule has 0 heterocycles. The van der Waals surface area contributed by atoms with Gasteiger partial charge < -0.3 is 5.32 Å². The van der Waals surface area contributed by atoms with Crippen molar-refractivity contribution in [3.05, 3.63) is 29.3 Å². The lowest BCUT2D eigenvalue weighted by atomic mass is 10.2. The summed E-state index contributed by atoms with van der Waals surface area (Å²) in [5.41, 5.74) is 2.58. The highest BCUT2D eigenvalue weighted by Crippen LogP contribution is 2.18. The van der Waals surface area contributed by atoms with Crippen LogP contribution >= 0.6 is 0 Å². The van der Waals surface area contributed by atoms with Crippen molar-refractivity contribution in [2.45, 2.75) is 26.7 Å². The molecule has 1 aromatic rings.